The smallest absolute Gasteiger partial charge is 0.220 e. The molecule has 20 heavy (non-hydrogen) atoms. The van der Waals surface area contributed by atoms with Gasteiger partial charge in [-0.15, -0.1) is 12.4 Å². The van der Waals surface area contributed by atoms with Crippen molar-refractivity contribution < 1.29 is 4.79 Å². The zero-order valence-electron chi connectivity index (χ0n) is 13.2. The molecule has 3 atom stereocenters. The molecule has 0 radical (unpaired) electrons. The molecule has 1 amide bonds. The Balaban J connectivity index is 0.00000200. The molecule has 1 aliphatic heterocycles. The summed E-state index contributed by atoms with van der Waals surface area (Å²) in [7, 11) is 0. The number of hydrogen-bond donors (Lipinski definition) is 2. The molecule has 1 saturated carbocycles. The van der Waals surface area contributed by atoms with Gasteiger partial charge in [-0.3, -0.25) is 4.79 Å². The summed E-state index contributed by atoms with van der Waals surface area (Å²) < 4.78 is 0. The predicted octanol–water partition coefficient (Wildman–Crippen LogP) is 3.13. The standard InChI is InChI=1S/C16H30N2O.ClH/c1-12-7-13(10-16(2,3)9-12)8-15(19)18-14-5-4-6-17-11-14;/h12-14,17H,4-11H2,1-3H3,(H,18,19);1H. The molecule has 2 N–H and O–H groups in total. The molecule has 3 unspecified atom stereocenters. The monoisotopic (exact) mass is 302 g/mol. The van der Waals surface area contributed by atoms with Crippen molar-refractivity contribution in [2.75, 3.05) is 13.1 Å². The van der Waals surface area contributed by atoms with Gasteiger partial charge in [-0.2, -0.15) is 0 Å². The lowest BCUT2D eigenvalue weighted by molar-refractivity contribution is -0.123. The summed E-state index contributed by atoms with van der Waals surface area (Å²) in [4.78, 5) is 12.2. The van der Waals surface area contributed by atoms with Crippen LogP contribution in [0.5, 0.6) is 0 Å². The van der Waals surface area contributed by atoms with Gasteiger partial charge in [-0.25, -0.2) is 0 Å². The molecule has 0 spiro atoms. The lowest BCUT2D eigenvalue weighted by atomic mass is 9.67. The van der Waals surface area contributed by atoms with Crippen molar-refractivity contribution in [2.45, 2.75) is 65.3 Å². The summed E-state index contributed by atoms with van der Waals surface area (Å²) in [5.41, 5.74) is 0.412. The average molecular weight is 303 g/mol. The molecule has 0 bridgehead atoms. The van der Waals surface area contributed by atoms with Gasteiger partial charge in [0.15, 0.2) is 0 Å². The molecule has 2 fully saturated rings. The van der Waals surface area contributed by atoms with Gasteiger partial charge in [0.2, 0.25) is 5.91 Å². The normalized spacial score (nSPS) is 33.0. The van der Waals surface area contributed by atoms with Crippen LogP contribution in [0.25, 0.3) is 0 Å². The number of halogens is 1. The van der Waals surface area contributed by atoms with Crippen molar-refractivity contribution in [3.05, 3.63) is 0 Å². The van der Waals surface area contributed by atoms with E-state index in [-0.39, 0.29) is 18.3 Å². The molecule has 0 aromatic heterocycles. The molecule has 1 saturated heterocycles. The first kappa shape index (κ1) is 17.8. The van der Waals surface area contributed by atoms with Crippen LogP contribution in [0.4, 0.5) is 0 Å². The Kier molecular flexibility index (Phi) is 6.80. The first-order valence-electron chi connectivity index (χ1n) is 7.95. The van der Waals surface area contributed by atoms with E-state index in [1.165, 1.54) is 25.7 Å². The fourth-order valence-corrected chi connectivity index (χ4v) is 4.22. The topological polar surface area (TPSA) is 41.1 Å². The van der Waals surface area contributed by atoms with Crippen LogP contribution in [0.2, 0.25) is 0 Å². The van der Waals surface area contributed by atoms with E-state index in [0.29, 0.717) is 17.4 Å². The zero-order chi connectivity index (χ0) is 13.9. The molecule has 4 heteroatoms. The molecule has 0 aromatic carbocycles. The number of hydrogen-bond acceptors (Lipinski definition) is 2. The lowest BCUT2D eigenvalue weighted by Crippen LogP contribution is -2.46. The second-order valence-electron chi connectivity index (χ2n) is 7.59. The summed E-state index contributed by atoms with van der Waals surface area (Å²) in [6.07, 6.45) is 6.76. The fraction of sp³-hybridized carbons (Fsp3) is 0.938. The summed E-state index contributed by atoms with van der Waals surface area (Å²) >= 11 is 0. The SMILES string of the molecule is CC1CC(CC(=O)NC2CCCNC2)CC(C)(C)C1.Cl. The predicted molar refractivity (Wildman–Crippen MR) is 86.2 cm³/mol. The summed E-state index contributed by atoms with van der Waals surface area (Å²) in [6, 6.07) is 0.357. The van der Waals surface area contributed by atoms with E-state index >= 15 is 0 Å². The Morgan fingerprint density at radius 1 is 1.35 bits per heavy atom. The largest absolute Gasteiger partial charge is 0.352 e. The third-order valence-corrected chi connectivity index (χ3v) is 4.61. The Labute approximate surface area is 130 Å². The molecule has 118 valence electrons. The molecule has 0 aromatic rings. The van der Waals surface area contributed by atoms with Crippen LogP contribution >= 0.6 is 12.4 Å². The van der Waals surface area contributed by atoms with Gasteiger partial charge in [0.1, 0.15) is 0 Å². The highest BCUT2D eigenvalue weighted by Crippen LogP contribution is 2.42. The molecular formula is C16H31ClN2O. The first-order valence-corrected chi connectivity index (χ1v) is 7.95. The highest BCUT2D eigenvalue weighted by Gasteiger charge is 2.33. The van der Waals surface area contributed by atoms with Crippen LogP contribution in [-0.4, -0.2) is 25.0 Å². The van der Waals surface area contributed by atoms with E-state index in [1.807, 2.05) is 0 Å². The second kappa shape index (κ2) is 7.65. The first-order chi connectivity index (χ1) is 8.94. The van der Waals surface area contributed by atoms with Crippen molar-refractivity contribution in [2.24, 2.45) is 17.3 Å². The third kappa shape index (κ3) is 5.61. The molecule has 1 aliphatic carbocycles. The minimum absolute atomic E-state index is 0. The quantitative estimate of drug-likeness (QED) is 0.841. The summed E-state index contributed by atoms with van der Waals surface area (Å²) in [5.74, 6) is 1.61. The van der Waals surface area contributed by atoms with Gasteiger partial charge in [0, 0.05) is 19.0 Å². The van der Waals surface area contributed by atoms with E-state index < -0.39 is 0 Å². The Hall–Kier alpha value is -0.280. The van der Waals surface area contributed by atoms with Crippen molar-refractivity contribution in [3.63, 3.8) is 0 Å². The van der Waals surface area contributed by atoms with Crippen molar-refractivity contribution >= 4 is 18.3 Å². The highest BCUT2D eigenvalue weighted by molar-refractivity contribution is 5.85. The third-order valence-electron chi connectivity index (χ3n) is 4.61. The maximum Gasteiger partial charge on any atom is 0.220 e. The van der Waals surface area contributed by atoms with Crippen LogP contribution in [0.3, 0.4) is 0 Å². The minimum Gasteiger partial charge on any atom is -0.352 e. The van der Waals surface area contributed by atoms with Gasteiger partial charge < -0.3 is 10.6 Å². The highest BCUT2D eigenvalue weighted by atomic mass is 35.5. The van der Waals surface area contributed by atoms with E-state index in [2.05, 4.69) is 31.4 Å². The maximum atomic E-state index is 12.2. The fourth-order valence-electron chi connectivity index (χ4n) is 4.22. The van der Waals surface area contributed by atoms with Gasteiger partial charge in [0.05, 0.1) is 0 Å². The van der Waals surface area contributed by atoms with Crippen molar-refractivity contribution in [1.29, 1.82) is 0 Å². The molecule has 2 aliphatic rings. The van der Waals surface area contributed by atoms with Crippen molar-refractivity contribution in [3.8, 4) is 0 Å². The number of carbonyl (C=O) groups excluding carboxylic acids is 1. The second-order valence-corrected chi connectivity index (χ2v) is 7.59. The molecular weight excluding hydrogens is 272 g/mol. The Morgan fingerprint density at radius 2 is 2.10 bits per heavy atom. The molecule has 1 heterocycles. The van der Waals surface area contributed by atoms with Gasteiger partial charge >= 0.3 is 0 Å². The summed E-state index contributed by atoms with van der Waals surface area (Å²) in [6.45, 7) is 9.06. The van der Waals surface area contributed by atoms with E-state index in [4.69, 9.17) is 0 Å². The number of carbonyl (C=O) groups is 1. The van der Waals surface area contributed by atoms with E-state index in [9.17, 15) is 4.79 Å². The minimum atomic E-state index is 0. The Morgan fingerprint density at radius 3 is 2.70 bits per heavy atom. The molecule has 2 rings (SSSR count). The number of piperidine rings is 1. The number of nitrogens with one attached hydrogen (secondary N) is 2. The maximum absolute atomic E-state index is 12.2. The van der Waals surface area contributed by atoms with Crippen molar-refractivity contribution in [1.82, 2.24) is 10.6 Å². The van der Waals surface area contributed by atoms with Gasteiger partial charge in [-0.1, -0.05) is 20.8 Å². The van der Waals surface area contributed by atoms with Crippen LogP contribution in [0, 0.1) is 17.3 Å². The summed E-state index contributed by atoms with van der Waals surface area (Å²) in [5, 5.41) is 6.56. The Bertz CT molecular complexity index is 314. The lowest BCUT2D eigenvalue weighted by Gasteiger charge is -2.39. The van der Waals surface area contributed by atoms with Gasteiger partial charge in [0.25, 0.3) is 0 Å². The van der Waals surface area contributed by atoms with Crippen LogP contribution in [-0.2, 0) is 4.79 Å². The van der Waals surface area contributed by atoms with Crippen LogP contribution < -0.4 is 10.6 Å². The van der Waals surface area contributed by atoms with Gasteiger partial charge in [-0.05, 0) is 55.9 Å². The molecule has 3 nitrogen and oxygen atoms in total. The average Bonchev–Trinajstić information content (AvgIpc) is 2.26. The van der Waals surface area contributed by atoms with Crippen LogP contribution in [0.15, 0.2) is 0 Å². The van der Waals surface area contributed by atoms with E-state index in [0.717, 1.165) is 31.8 Å². The zero-order valence-corrected chi connectivity index (χ0v) is 14.0. The van der Waals surface area contributed by atoms with Crippen LogP contribution in [0.1, 0.15) is 59.3 Å². The number of amides is 1. The van der Waals surface area contributed by atoms with E-state index in [1.54, 1.807) is 0 Å². The number of rotatable bonds is 3.